The van der Waals surface area contributed by atoms with E-state index in [0.717, 1.165) is 28.5 Å². The molecule has 3 aromatic carbocycles. The van der Waals surface area contributed by atoms with Crippen LogP contribution in [0.15, 0.2) is 71.6 Å². The van der Waals surface area contributed by atoms with Gasteiger partial charge in [-0.05, 0) is 66.6 Å². The number of halogens is 3. The number of hydrogen-bond acceptors (Lipinski definition) is 6. The Hall–Kier alpha value is -3.37. The number of ether oxygens (including phenoxy) is 2. The van der Waals surface area contributed by atoms with Crippen LogP contribution in [0.3, 0.4) is 0 Å². The minimum atomic E-state index is -5.10. The molecule has 6 nitrogen and oxygen atoms in total. The van der Waals surface area contributed by atoms with Crippen LogP contribution < -0.4 is 4.74 Å². The summed E-state index contributed by atoms with van der Waals surface area (Å²) >= 11 is 0. The van der Waals surface area contributed by atoms with Crippen LogP contribution >= 0.6 is 0 Å². The molecule has 0 amide bonds. The maximum Gasteiger partial charge on any atom is 0.490 e. The van der Waals surface area contributed by atoms with Gasteiger partial charge in [0, 0.05) is 31.3 Å². The van der Waals surface area contributed by atoms with Crippen molar-refractivity contribution < 1.29 is 35.9 Å². The highest BCUT2D eigenvalue weighted by Gasteiger charge is 2.44. The van der Waals surface area contributed by atoms with Gasteiger partial charge in [0.2, 0.25) is 0 Å². The first kappa shape index (κ1) is 29.6. The molecule has 40 heavy (non-hydrogen) atoms. The highest BCUT2D eigenvalue weighted by Crippen LogP contribution is 2.33. The predicted molar refractivity (Wildman–Crippen MR) is 145 cm³/mol. The summed E-state index contributed by atoms with van der Waals surface area (Å²) < 4.78 is 75.1. The molecule has 214 valence electrons. The lowest BCUT2D eigenvalue weighted by Crippen LogP contribution is -2.47. The second-order valence-corrected chi connectivity index (χ2v) is 12.2. The smallest absolute Gasteiger partial charge is 0.490 e. The molecule has 4 rings (SSSR count). The molecule has 10 heteroatoms. The van der Waals surface area contributed by atoms with Crippen molar-refractivity contribution in [1.82, 2.24) is 4.90 Å². The summed E-state index contributed by atoms with van der Waals surface area (Å²) in [7, 11) is -3.58. The van der Waals surface area contributed by atoms with Crippen LogP contribution in [0, 0.1) is 19.8 Å². The highest BCUT2D eigenvalue weighted by molar-refractivity contribution is 7.90. The Bertz CT molecular complexity index is 1460. The molecular formula is C30H32F3NO5S. The number of carbonyl (C=O) groups is 1. The molecule has 1 fully saturated rings. The average Bonchev–Trinajstić information content (AvgIpc) is 2.90. The Labute approximate surface area is 232 Å². The summed E-state index contributed by atoms with van der Waals surface area (Å²) in [4.78, 5) is 13.6. The van der Waals surface area contributed by atoms with E-state index >= 15 is 0 Å². The molecular weight excluding hydrogens is 543 g/mol. The van der Waals surface area contributed by atoms with E-state index in [4.69, 9.17) is 9.47 Å². The number of esters is 1. The molecule has 2 atom stereocenters. The lowest BCUT2D eigenvalue weighted by Gasteiger charge is -2.38. The van der Waals surface area contributed by atoms with Gasteiger partial charge in [0.1, 0.15) is 5.75 Å². The Balaban J connectivity index is 1.49. The number of piperidine rings is 1. The molecule has 0 aliphatic carbocycles. The third kappa shape index (κ3) is 7.42. The zero-order valence-electron chi connectivity index (χ0n) is 22.6. The minimum absolute atomic E-state index is 0.122. The summed E-state index contributed by atoms with van der Waals surface area (Å²) in [6.07, 6.45) is -4.30. The number of nitrogens with zero attached hydrogens (tertiary/aromatic N) is 1. The topological polar surface area (TPSA) is 72.9 Å². The zero-order valence-corrected chi connectivity index (χ0v) is 23.4. The Kier molecular flexibility index (Phi) is 8.90. The number of sulfone groups is 1. The van der Waals surface area contributed by atoms with Gasteiger partial charge in [0.15, 0.2) is 16.1 Å². The Morgan fingerprint density at radius 2 is 1.73 bits per heavy atom. The number of likely N-dealkylation sites (tertiary alicyclic amines) is 1. The van der Waals surface area contributed by atoms with Crippen LogP contribution in [0.2, 0.25) is 0 Å². The highest BCUT2D eigenvalue weighted by atomic mass is 32.2. The summed E-state index contributed by atoms with van der Waals surface area (Å²) in [6, 6.07) is 19.8. The van der Waals surface area contributed by atoms with Gasteiger partial charge < -0.3 is 9.47 Å². The van der Waals surface area contributed by atoms with Crippen LogP contribution in [-0.2, 0) is 25.9 Å². The van der Waals surface area contributed by atoms with Crippen molar-refractivity contribution in [2.75, 3.05) is 19.4 Å². The van der Waals surface area contributed by atoms with E-state index in [1.807, 2.05) is 62.4 Å². The van der Waals surface area contributed by atoms with Crippen LogP contribution in [-0.4, -0.2) is 51.1 Å². The predicted octanol–water partition coefficient (Wildman–Crippen LogP) is 6.10. The molecule has 0 aromatic heterocycles. The van der Waals surface area contributed by atoms with Crippen molar-refractivity contribution in [3.05, 3.63) is 83.4 Å². The fourth-order valence-corrected chi connectivity index (χ4v) is 5.71. The van der Waals surface area contributed by atoms with Crippen molar-refractivity contribution in [2.24, 2.45) is 5.92 Å². The minimum Gasteiger partial charge on any atom is -0.493 e. The molecule has 1 aliphatic heterocycles. The molecule has 1 saturated heterocycles. The quantitative estimate of drug-likeness (QED) is 0.303. The van der Waals surface area contributed by atoms with Gasteiger partial charge in [-0.2, -0.15) is 13.2 Å². The first-order valence-electron chi connectivity index (χ1n) is 12.9. The van der Waals surface area contributed by atoms with Crippen molar-refractivity contribution >= 4 is 15.8 Å². The standard InChI is InChI=1S/C30H32F3NO5S/c1-20-9-10-22(15-21(20)2)18-34-14-13-23(16-28(34)39-29(35)30(31,32)33)19-38-25-11-12-26(24-7-5-4-6-8-24)27(17-25)40(3,36)37/h4-12,15,17,23,28H,13-14,16,18-19H2,1-3H3. The summed E-state index contributed by atoms with van der Waals surface area (Å²) in [5.74, 6) is -2.10. The number of carbonyl (C=O) groups excluding carboxylic acids is 1. The van der Waals surface area contributed by atoms with Crippen LogP contribution in [0.1, 0.15) is 29.5 Å². The fourth-order valence-electron chi connectivity index (χ4n) is 4.80. The van der Waals surface area contributed by atoms with Gasteiger partial charge in [-0.3, -0.25) is 4.90 Å². The van der Waals surface area contributed by atoms with Crippen molar-refractivity contribution in [2.45, 2.75) is 50.5 Å². The first-order valence-corrected chi connectivity index (χ1v) is 14.8. The van der Waals surface area contributed by atoms with E-state index in [1.165, 1.54) is 6.07 Å². The maximum atomic E-state index is 13.0. The van der Waals surface area contributed by atoms with E-state index in [-0.39, 0.29) is 23.8 Å². The van der Waals surface area contributed by atoms with Gasteiger partial charge in [-0.1, -0.05) is 48.5 Å². The first-order chi connectivity index (χ1) is 18.8. The molecule has 0 saturated carbocycles. The van der Waals surface area contributed by atoms with Gasteiger partial charge in [0.05, 0.1) is 11.5 Å². The van der Waals surface area contributed by atoms with Crippen molar-refractivity contribution in [1.29, 1.82) is 0 Å². The molecule has 1 aliphatic rings. The summed E-state index contributed by atoms with van der Waals surface area (Å²) in [5, 5.41) is 0. The summed E-state index contributed by atoms with van der Waals surface area (Å²) in [5.41, 5.74) is 4.39. The van der Waals surface area contributed by atoms with E-state index in [9.17, 15) is 26.4 Å². The molecule has 0 bridgehead atoms. The normalized spacial score (nSPS) is 18.4. The maximum absolute atomic E-state index is 13.0. The third-order valence-corrected chi connectivity index (χ3v) is 8.26. The SMILES string of the molecule is Cc1ccc(CN2CCC(COc3ccc(-c4ccccc4)c(S(C)(=O)=O)c3)CC2OC(=O)C(F)(F)F)cc1C. The number of rotatable bonds is 8. The number of aryl methyl sites for hydroxylation is 2. The zero-order chi connectivity index (χ0) is 29.1. The van der Waals surface area contributed by atoms with E-state index in [2.05, 4.69) is 0 Å². The summed E-state index contributed by atoms with van der Waals surface area (Å²) in [6.45, 7) is 4.81. The number of hydrogen-bond donors (Lipinski definition) is 0. The van der Waals surface area contributed by atoms with Gasteiger partial charge in [-0.25, -0.2) is 13.2 Å². The van der Waals surface area contributed by atoms with E-state index in [1.54, 1.807) is 17.0 Å². The molecule has 2 unspecified atom stereocenters. The van der Waals surface area contributed by atoms with E-state index < -0.39 is 28.2 Å². The van der Waals surface area contributed by atoms with Crippen LogP contribution in [0.4, 0.5) is 13.2 Å². The van der Waals surface area contributed by atoms with Crippen LogP contribution in [0.25, 0.3) is 11.1 Å². The molecule has 0 spiro atoms. The second-order valence-electron chi connectivity index (χ2n) is 10.2. The Morgan fingerprint density at radius 3 is 2.38 bits per heavy atom. The lowest BCUT2D eigenvalue weighted by atomic mass is 9.95. The number of alkyl halides is 3. The Morgan fingerprint density at radius 1 is 1.00 bits per heavy atom. The molecule has 0 radical (unpaired) electrons. The van der Waals surface area contributed by atoms with Gasteiger partial charge >= 0.3 is 12.1 Å². The fraction of sp³-hybridized carbons (Fsp3) is 0.367. The molecule has 3 aromatic rings. The van der Waals surface area contributed by atoms with Gasteiger partial charge in [-0.15, -0.1) is 0 Å². The molecule has 1 heterocycles. The lowest BCUT2D eigenvalue weighted by molar-refractivity contribution is -0.217. The average molecular weight is 576 g/mol. The second kappa shape index (κ2) is 12.0. The molecule has 0 N–H and O–H groups in total. The van der Waals surface area contributed by atoms with Crippen LogP contribution in [0.5, 0.6) is 5.75 Å². The third-order valence-electron chi connectivity index (χ3n) is 7.12. The van der Waals surface area contributed by atoms with Crippen molar-refractivity contribution in [3.8, 4) is 16.9 Å². The monoisotopic (exact) mass is 575 g/mol. The van der Waals surface area contributed by atoms with Gasteiger partial charge in [0.25, 0.3) is 0 Å². The number of benzene rings is 3. The van der Waals surface area contributed by atoms with Crippen molar-refractivity contribution in [3.63, 3.8) is 0 Å². The largest absolute Gasteiger partial charge is 0.493 e. The van der Waals surface area contributed by atoms with E-state index in [0.29, 0.717) is 30.8 Å².